The third kappa shape index (κ3) is 3.57. The summed E-state index contributed by atoms with van der Waals surface area (Å²) in [6.45, 7) is 9.92. The van der Waals surface area contributed by atoms with E-state index >= 15 is 0 Å². The molecule has 148 valence electrons. The van der Waals surface area contributed by atoms with Gasteiger partial charge in [0, 0.05) is 12.3 Å². The zero-order valence-electron chi connectivity index (χ0n) is 16.8. The highest BCUT2D eigenvalue weighted by Crippen LogP contribution is 2.43. The Labute approximate surface area is 162 Å². The van der Waals surface area contributed by atoms with Gasteiger partial charge in [-0.05, 0) is 58.2 Å². The molecular formula is C21H30N2O3S. The second-order valence-electron chi connectivity index (χ2n) is 8.30. The van der Waals surface area contributed by atoms with Gasteiger partial charge in [0.25, 0.3) is 10.0 Å². The number of amidine groups is 1. The van der Waals surface area contributed by atoms with Gasteiger partial charge in [0.05, 0.1) is 22.6 Å². The van der Waals surface area contributed by atoms with Crippen molar-refractivity contribution in [1.82, 2.24) is 4.31 Å². The lowest BCUT2D eigenvalue weighted by Crippen LogP contribution is -2.58. The van der Waals surface area contributed by atoms with Gasteiger partial charge in [-0.3, -0.25) is 4.99 Å². The molecule has 0 saturated heterocycles. The minimum Gasteiger partial charge on any atom is -0.389 e. The van der Waals surface area contributed by atoms with Crippen molar-refractivity contribution in [3.63, 3.8) is 0 Å². The Morgan fingerprint density at radius 2 is 1.85 bits per heavy atom. The van der Waals surface area contributed by atoms with Gasteiger partial charge in [0.15, 0.2) is 0 Å². The number of sulfonamides is 1. The van der Waals surface area contributed by atoms with E-state index in [0.29, 0.717) is 18.7 Å². The van der Waals surface area contributed by atoms with Crippen molar-refractivity contribution in [1.29, 1.82) is 0 Å². The van der Waals surface area contributed by atoms with Crippen LogP contribution in [0.25, 0.3) is 0 Å². The van der Waals surface area contributed by atoms with Crippen molar-refractivity contribution in [2.24, 2.45) is 10.9 Å². The Morgan fingerprint density at radius 3 is 2.44 bits per heavy atom. The van der Waals surface area contributed by atoms with Crippen molar-refractivity contribution < 1.29 is 13.5 Å². The lowest BCUT2D eigenvalue weighted by molar-refractivity contribution is 0.105. The first-order valence-electron chi connectivity index (χ1n) is 9.64. The predicted molar refractivity (Wildman–Crippen MR) is 108 cm³/mol. The van der Waals surface area contributed by atoms with Gasteiger partial charge in [-0.15, -0.1) is 0 Å². The molecule has 0 saturated carbocycles. The summed E-state index contributed by atoms with van der Waals surface area (Å²) in [5.41, 5.74) is 1.42. The van der Waals surface area contributed by atoms with E-state index in [-0.39, 0.29) is 16.9 Å². The van der Waals surface area contributed by atoms with Crippen LogP contribution in [0.1, 0.15) is 52.5 Å². The minimum atomic E-state index is -3.74. The van der Waals surface area contributed by atoms with Gasteiger partial charge < -0.3 is 5.11 Å². The van der Waals surface area contributed by atoms with Crippen molar-refractivity contribution >= 4 is 15.9 Å². The first-order valence-corrected chi connectivity index (χ1v) is 11.1. The first kappa shape index (κ1) is 20.1. The number of aliphatic imine (C=N–C) groups is 1. The van der Waals surface area contributed by atoms with Crippen molar-refractivity contribution in [3.8, 4) is 0 Å². The molecule has 1 aliphatic carbocycles. The summed E-state index contributed by atoms with van der Waals surface area (Å²) in [5.74, 6) is 0.543. The topological polar surface area (TPSA) is 70.0 Å². The fourth-order valence-electron chi connectivity index (χ4n) is 4.15. The zero-order chi connectivity index (χ0) is 20.0. The van der Waals surface area contributed by atoms with Gasteiger partial charge in [0.2, 0.25) is 0 Å². The van der Waals surface area contributed by atoms with Crippen LogP contribution < -0.4 is 0 Å². The Balaban J connectivity index is 2.18. The first-order chi connectivity index (χ1) is 12.6. The third-order valence-corrected chi connectivity index (χ3v) is 7.59. The molecule has 0 amide bonds. The summed E-state index contributed by atoms with van der Waals surface area (Å²) in [4.78, 5) is 5.15. The molecule has 3 atom stereocenters. The van der Waals surface area contributed by atoms with E-state index in [1.165, 1.54) is 4.31 Å². The van der Waals surface area contributed by atoms with Gasteiger partial charge in [-0.1, -0.05) is 30.7 Å². The molecule has 1 heterocycles. The number of aryl methyl sites for hydroxylation is 1. The lowest BCUT2D eigenvalue weighted by Gasteiger charge is -2.49. The molecule has 0 spiro atoms. The maximum atomic E-state index is 13.6. The molecule has 0 bridgehead atoms. The van der Waals surface area contributed by atoms with Gasteiger partial charge >= 0.3 is 0 Å². The van der Waals surface area contributed by atoms with E-state index in [9.17, 15) is 13.5 Å². The third-order valence-electron chi connectivity index (χ3n) is 5.75. The van der Waals surface area contributed by atoms with Crippen LogP contribution in [0.2, 0.25) is 0 Å². The highest BCUT2D eigenvalue weighted by Gasteiger charge is 2.49. The maximum absolute atomic E-state index is 13.6. The Hall–Kier alpha value is -1.66. The average Bonchev–Trinajstić information content (AvgIpc) is 2.57. The highest BCUT2D eigenvalue weighted by molar-refractivity contribution is 7.89. The van der Waals surface area contributed by atoms with Crippen LogP contribution in [0.5, 0.6) is 0 Å². The maximum Gasteiger partial charge on any atom is 0.265 e. The summed E-state index contributed by atoms with van der Waals surface area (Å²) < 4.78 is 28.7. The standard InChI is InChI=1S/C21H30N2O3S/c1-6-7-20-22-21(4,5)17-13-19(24)15(3)12-18(17)23(20)27(25,26)16-10-8-14(2)9-11-16/h8-12,17-19,24H,6-7,13H2,1-5H3/t17-,18+,19-/m1/s1. The van der Waals surface area contributed by atoms with E-state index in [4.69, 9.17) is 4.99 Å². The molecule has 0 aromatic heterocycles. The molecule has 27 heavy (non-hydrogen) atoms. The van der Waals surface area contributed by atoms with Crippen LogP contribution in [0.3, 0.4) is 0 Å². The fraction of sp³-hybridized carbons (Fsp3) is 0.571. The normalized spacial score (nSPS) is 27.6. The smallest absolute Gasteiger partial charge is 0.265 e. The molecule has 2 aliphatic rings. The molecule has 1 aromatic carbocycles. The summed E-state index contributed by atoms with van der Waals surface area (Å²) in [6, 6.07) is 6.64. The fourth-order valence-corrected chi connectivity index (χ4v) is 5.79. The van der Waals surface area contributed by atoms with Crippen LogP contribution in [-0.4, -0.2) is 41.3 Å². The number of nitrogens with zero attached hydrogens (tertiary/aromatic N) is 2. The average molecular weight is 391 g/mol. The molecule has 1 aliphatic heterocycles. The van der Waals surface area contributed by atoms with E-state index < -0.39 is 21.7 Å². The number of hydrogen-bond acceptors (Lipinski definition) is 4. The molecule has 1 N–H and O–H groups in total. The van der Waals surface area contributed by atoms with Crippen LogP contribution in [0.4, 0.5) is 0 Å². The summed E-state index contributed by atoms with van der Waals surface area (Å²) >= 11 is 0. The second-order valence-corrected chi connectivity index (χ2v) is 10.1. The van der Waals surface area contributed by atoms with Crippen molar-refractivity contribution in [2.45, 2.75) is 76.5 Å². The Bertz CT molecular complexity index is 869. The van der Waals surface area contributed by atoms with E-state index in [1.807, 2.05) is 52.8 Å². The molecule has 0 fully saturated rings. The van der Waals surface area contributed by atoms with Crippen molar-refractivity contribution in [3.05, 3.63) is 41.5 Å². The van der Waals surface area contributed by atoms with Crippen LogP contribution in [0.15, 0.2) is 45.8 Å². The number of benzene rings is 1. The van der Waals surface area contributed by atoms with E-state index in [1.54, 1.807) is 12.1 Å². The Kier molecular flexibility index (Phi) is 5.25. The largest absolute Gasteiger partial charge is 0.389 e. The number of aliphatic hydroxyl groups is 1. The minimum absolute atomic E-state index is 0.0722. The number of rotatable bonds is 4. The SMILES string of the molecule is CCCC1=NC(C)(C)[C@@H]2C[C@@H](O)C(C)=C[C@@H]2N1S(=O)(=O)c1ccc(C)cc1. The summed E-state index contributed by atoms with van der Waals surface area (Å²) in [6.07, 6.45) is 3.32. The number of aliphatic hydroxyl groups excluding tert-OH is 1. The molecule has 1 aromatic rings. The molecule has 0 unspecified atom stereocenters. The summed E-state index contributed by atoms with van der Waals surface area (Å²) in [5, 5.41) is 10.4. The molecule has 0 radical (unpaired) electrons. The second kappa shape index (κ2) is 7.06. The molecular weight excluding hydrogens is 360 g/mol. The van der Waals surface area contributed by atoms with Gasteiger partial charge in [-0.2, -0.15) is 0 Å². The molecule has 5 nitrogen and oxygen atoms in total. The monoisotopic (exact) mass is 390 g/mol. The highest BCUT2D eigenvalue weighted by atomic mass is 32.2. The van der Waals surface area contributed by atoms with Gasteiger partial charge in [-0.25, -0.2) is 12.7 Å². The quantitative estimate of drug-likeness (QED) is 0.798. The number of hydrogen-bond donors (Lipinski definition) is 1. The van der Waals surface area contributed by atoms with Crippen LogP contribution in [0, 0.1) is 12.8 Å². The predicted octanol–water partition coefficient (Wildman–Crippen LogP) is 3.67. The van der Waals surface area contributed by atoms with E-state index in [0.717, 1.165) is 17.6 Å². The van der Waals surface area contributed by atoms with Crippen LogP contribution in [-0.2, 0) is 10.0 Å². The van der Waals surface area contributed by atoms with Crippen LogP contribution >= 0.6 is 0 Å². The van der Waals surface area contributed by atoms with Crippen molar-refractivity contribution in [2.75, 3.05) is 0 Å². The zero-order valence-corrected chi connectivity index (χ0v) is 17.6. The van der Waals surface area contributed by atoms with E-state index in [2.05, 4.69) is 0 Å². The summed E-state index contributed by atoms with van der Waals surface area (Å²) in [7, 11) is -3.74. The number of fused-ring (bicyclic) bond motifs is 1. The Morgan fingerprint density at radius 1 is 1.22 bits per heavy atom. The lowest BCUT2D eigenvalue weighted by atomic mass is 9.72. The molecule has 6 heteroatoms. The van der Waals surface area contributed by atoms with Gasteiger partial charge in [0.1, 0.15) is 5.84 Å². The molecule has 3 rings (SSSR count).